The Hall–Kier alpha value is -2.47. The lowest BCUT2D eigenvalue weighted by molar-refractivity contribution is -0.121. The smallest absolute Gasteiger partial charge is 0.264 e. The van der Waals surface area contributed by atoms with E-state index in [0.29, 0.717) is 11.3 Å². The number of benzene rings is 1. The minimum atomic E-state index is -0.750. The first-order chi connectivity index (χ1) is 10.1. The van der Waals surface area contributed by atoms with E-state index in [-0.39, 0.29) is 24.4 Å². The molecule has 1 heterocycles. The van der Waals surface area contributed by atoms with Gasteiger partial charge < -0.3 is 10.4 Å². The van der Waals surface area contributed by atoms with Crippen molar-refractivity contribution in [3.63, 3.8) is 0 Å². The maximum absolute atomic E-state index is 11.8. The number of carbonyl (C=O) groups is 1. The number of aryl methyl sites for hydroxylation is 1. The number of H-pyrrole nitrogens is 1. The third-order valence-corrected chi connectivity index (χ3v) is 3.11. The molecule has 1 aromatic heterocycles. The van der Waals surface area contributed by atoms with E-state index in [0.717, 1.165) is 5.56 Å². The number of carbonyl (C=O) groups excluding carboxylic acids is 1. The number of nitrogens with zero attached hydrogens (tertiary/aromatic N) is 1. The SMILES string of the molecule is Cc1cc(=O)[nH]nc1CC(=O)NCC(O)c1ccccc1. The van der Waals surface area contributed by atoms with Crippen LogP contribution in [-0.4, -0.2) is 27.8 Å². The third kappa shape index (κ3) is 4.25. The topological polar surface area (TPSA) is 95.1 Å². The predicted octanol–water partition coefficient (Wildman–Crippen LogP) is 0.471. The predicted molar refractivity (Wildman–Crippen MR) is 77.7 cm³/mol. The van der Waals surface area contributed by atoms with Crippen molar-refractivity contribution < 1.29 is 9.90 Å². The van der Waals surface area contributed by atoms with E-state index in [1.807, 2.05) is 18.2 Å². The Kier molecular flexibility index (Phi) is 4.84. The molecule has 1 amide bonds. The lowest BCUT2D eigenvalue weighted by Gasteiger charge is -2.12. The van der Waals surface area contributed by atoms with Gasteiger partial charge in [-0.3, -0.25) is 9.59 Å². The van der Waals surface area contributed by atoms with E-state index < -0.39 is 6.10 Å². The summed E-state index contributed by atoms with van der Waals surface area (Å²) in [6.45, 7) is 1.86. The molecule has 0 saturated carbocycles. The summed E-state index contributed by atoms with van der Waals surface area (Å²) in [5, 5.41) is 18.7. The van der Waals surface area contributed by atoms with Gasteiger partial charge in [-0.2, -0.15) is 5.10 Å². The van der Waals surface area contributed by atoms with Gasteiger partial charge in [0.1, 0.15) is 0 Å². The normalized spacial score (nSPS) is 11.9. The minimum Gasteiger partial charge on any atom is -0.387 e. The molecule has 0 spiro atoms. The average molecular weight is 287 g/mol. The van der Waals surface area contributed by atoms with Crippen LogP contribution in [0.3, 0.4) is 0 Å². The van der Waals surface area contributed by atoms with Crippen molar-refractivity contribution in [3.8, 4) is 0 Å². The van der Waals surface area contributed by atoms with Crippen molar-refractivity contribution in [3.05, 3.63) is 63.6 Å². The van der Waals surface area contributed by atoms with Crippen LogP contribution in [0.15, 0.2) is 41.2 Å². The molecule has 0 saturated heterocycles. The number of aliphatic hydroxyl groups excluding tert-OH is 1. The van der Waals surface area contributed by atoms with Crippen LogP contribution >= 0.6 is 0 Å². The first-order valence-electron chi connectivity index (χ1n) is 6.61. The molecule has 3 N–H and O–H groups in total. The van der Waals surface area contributed by atoms with Gasteiger partial charge >= 0.3 is 0 Å². The second-order valence-corrected chi connectivity index (χ2v) is 4.77. The Morgan fingerprint density at radius 2 is 2.10 bits per heavy atom. The van der Waals surface area contributed by atoms with E-state index >= 15 is 0 Å². The number of rotatable bonds is 5. The van der Waals surface area contributed by atoms with E-state index in [1.54, 1.807) is 19.1 Å². The molecule has 0 aliphatic heterocycles. The van der Waals surface area contributed by atoms with Crippen LogP contribution in [0.1, 0.15) is 22.9 Å². The van der Waals surface area contributed by atoms with Gasteiger partial charge in [-0.25, -0.2) is 5.10 Å². The first kappa shape index (κ1) is 14.9. The molecule has 1 aromatic carbocycles. The highest BCUT2D eigenvalue weighted by atomic mass is 16.3. The van der Waals surface area contributed by atoms with Gasteiger partial charge in [-0.1, -0.05) is 30.3 Å². The van der Waals surface area contributed by atoms with Crippen LogP contribution in [0, 0.1) is 6.92 Å². The second kappa shape index (κ2) is 6.81. The lowest BCUT2D eigenvalue weighted by atomic mass is 10.1. The highest BCUT2D eigenvalue weighted by Crippen LogP contribution is 2.10. The van der Waals surface area contributed by atoms with Crippen LogP contribution in [0.2, 0.25) is 0 Å². The number of hydrogen-bond acceptors (Lipinski definition) is 4. The molecule has 110 valence electrons. The van der Waals surface area contributed by atoms with E-state index in [1.165, 1.54) is 6.07 Å². The summed E-state index contributed by atoms with van der Waals surface area (Å²) in [5.41, 5.74) is 1.63. The van der Waals surface area contributed by atoms with Crippen LogP contribution in [0.5, 0.6) is 0 Å². The van der Waals surface area contributed by atoms with Gasteiger partial charge in [-0.05, 0) is 18.1 Å². The number of aromatic amines is 1. The van der Waals surface area contributed by atoms with Crippen molar-refractivity contribution in [2.24, 2.45) is 0 Å². The highest BCUT2D eigenvalue weighted by Gasteiger charge is 2.11. The van der Waals surface area contributed by atoms with Gasteiger partial charge in [0, 0.05) is 12.6 Å². The summed E-state index contributed by atoms with van der Waals surface area (Å²) < 4.78 is 0. The Labute approximate surface area is 121 Å². The first-order valence-corrected chi connectivity index (χ1v) is 6.61. The summed E-state index contributed by atoms with van der Waals surface area (Å²) in [5.74, 6) is -0.257. The second-order valence-electron chi connectivity index (χ2n) is 4.77. The molecule has 2 rings (SSSR count). The molecule has 21 heavy (non-hydrogen) atoms. The van der Waals surface area contributed by atoms with Gasteiger partial charge in [-0.15, -0.1) is 0 Å². The molecule has 0 bridgehead atoms. The molecule has 6 nitrogen and oxygen atoms in total. The summed E-state index contributed by atoms with van der Waals surface area (Å²) in [7, 11) is 0. The molecular formula is C15H17N3O3. The highest BCUT2D eigenvalue weighted by molar-refractivity contribution is 5.78. The van der Waals surface area contributed by atoms with Gasteiger partial charge in [0.2, 0.25) is 5.91 Å². The lowest BCUT2D eigenvalue weighted by Crippen LogP contribution is -2.30. The number of nitrogens with one attached hydrogen (secondary N) is 2. The van der Waals surface area contributed by atoms with Crippen molar-refractivity contribution in [1.29, 1.82) is 0 Å². The fourth-order valence-electron chi connectivity index (χ4n) is 1.92. The fourth-order valence-corrected chi connectivity index (χ4v) is 1.92. The standard InChI is InChI=1S/C15H17N3O3/c1-10-7-15(21)18-17-12(10)8-14(20)16-9-13(19)11-5-3-2-4-6-11/h2-7,13,19H,8-9H2,1H3,(H,16,20)(H,18,21). The van der Waals surface area contributed by atoms with Crippen LogP contribution < -0.4 is 10.9 Å². The average Bonchev–Trinajstić information content (AvgIpc) is 2.48. The van der Waals surface area contributed by atoms with E-state index in [2.05, 4.69) is 15.5 Å². The zero-order valence-corrected chi connectivity index (χ0v) is 11.7. The summed E-state index contributed by atoms with van der Waals surface area (Å²) in [6, 6.07) is 10.5. The Balaban J connectivity index is 1.89. The zero-order valence-electron chi connectivity index (χ0n) is 11.7. The molecule has 6 heteroatoms. The molecule has 0 aliphatic rings. The molecular weight excluding hydrogens is 270 g/mol. The monoisotopic (exact) mass is 287 g/mol. The molecule has 1 unspecified atom stereocenters. The van der Waals surface area contributed by atoms with E-state index in [9.17, 15) is 14.7 Å². The van der Waals surface area contributed by atoms with Crippen LogP contribution in [-0.2, 0) is 11.2 Å². The summed E-state index contributed by atoms with van der Waals surface area (Å²) in [6.07, 6.45) is -0.691. The summed E-state index contributed by atoms with van der Waals surface area (Å²) >= 11 is 0. The molecule has 0 aliphatic carbocycles. The summed E-state index contributed by atoms with van der Waals surface area (Å²) in [4.78, 5) is 22.9. The van der Waals surface area contributed by atoms with Crippen molar-refractivity contribution in [2.45, 2.75) is 19.4 Å². The molecule has 0 radical (unpaired) electrons. The quantitative estimate of drug-likeness (QED) is 0.745. The Morgan fingerprint density at radius 3 is 2.76 bits per heavy atom. The largest absolute Gasteiger partial charge is 0.387 e. The van der Waals surface area contributed by atoms with Gasteiger partial charge in [0.25, 0.3) is 5.56 Å². The van der Waals surface area contributed by atoms with Crippen molar-refractivity contribution >= 4 is 5.91 Å². The third-order valence-electron chi connectivity index (χ3n) is 3.11. The van der Waals surface area contributed by atoms with Crippen molar-refractivity contribution in [2.75, 3.05) is 6.54 Å². The Bertz CT molecular complexity index is 667. The molecule has 2 aromatic rings. The number of aromatic nitrogens is 2. The van der Waals surface area contributed by atoms with Crippen molar-refractivity contribution in [1.82, 2.24) is 15.5 Å². The number of aliphatic hydroxyl groups is 1. The maximum Gasteiger partial charge on any atom is 0.264 e. The molecule has 1 atom stereocenters. The maximum atomic E-state index is 11.8. The minimum absolute atomic E-state index is 0.0596. The van der Waals surface area contributed by atoms with E-state index in [4.69, 9.17) is 0 Å². The zero-order chi connectivity index (χ0) is 15.2. The Morgan fingerprint density at radius 1 is 1.38 bits per heavy atom. The fraction of sp³-hybridized carbons (Fsp3) is 0.267. The van der Waals surface area contributed by atoms with Crippen LogP contribution in [0.25, 0.3) is 0 Å². The van der Waals surface area contributed by atoms with Gasteiger partial charge in [0.05, 0.1) is 18.2 Å². The van der Waals surface area contributed by atoms with Crippen LogP contribution in [0.4, 0.5) is 0 Å². The van der Waals surface area contributed by atoms with Gasteiger partial charge in [0.15, 0.2) is 0 Å². The number of hydrogen-bond donors (Lipinski definition) is 3. The molecule has 0 fully saturated rings. The number of amides is 1.